The first kappa shape index (κ1) is 17.4. The molecule has 2 aromatic rings. The van der Waals surface area contributed by atoms with Crippen molar-refractivity contribution in [2.45, 2.75) is 44.5 Å². The van der Waals surface area contributed by atoms with E-state index in [0.29, 0.717) is 6.04 Å². The highest BCUT2D eigenvalue weighted by atomic mass is 19.1. The van der Waals surface area contributed by atoms with Crippen molar-refractivity contribution in [3.63, 3.8) is 0 Å². The van der Waals surface area contributed by atoms with Gasteiger partial charge in [0.15, 0.2) is 0 Å². The molecule has 0 aliphatic heterocycles. The van der Waals surface area contributed by atoms with Crippen molar-refractivity contribution in [3.05, 3.63) is 71.5 Å². The Morgan fingerprint density at radius 2 is 1.80 bits per heavy atom. The first-order valence-electron chi connectivity index (χ1n) is 8.59. The maximum Gasteiger partial charge on any atom is 0.407 e. The van der Waals surface area contributed by atoms with Crippen molar-refractivity contribution in [2.24, 2.45) is 0 Å². The van der Waals surface area contributed by atoms with Gasteiger partial charge in [-0.15, -0.1) is 0 Å². The molecule has 25 heavy (non-hydrogen) atoms. The smallest absolute Gasteiger partial charge is 0.407 e. The van der Waals surface area contributed by atoms with Gasteiger partial charge in [-0.05, 0) is 43.0 Å². The van der Waals surface area contributed by atoms with Crippen LogP contribution in [-0.2, 0) is 11.3 Å². The summed E-state index contributed by atoms with van der Waals surface area (Å²) < 4.78 is 18.2. The molecule has 0 heterocycles. The number of alkyl carbamates (subject to hydrolysis) is 1. The van der Waals surface area contributed by atoms with Gasteiger partial charge in [-0.3, -0.25) is 0 Å². The zero-order valence-corrected chi connectivity index (χ0v) is 14.2. The van der Waals surface area contributed by atoms with Crippen molar-refractivity contribution >= 4 is 6.09 Å². The van der Waals surface area contributed by atoms with Crippen LogP contribution in [0.5, 0.6) is 0 Å². The summed E-state index contributed by atoms with van der Waals surface area (Å²) in [6, 6.07) is 16.8. The summed E-state index contributed by atoms with van der Waals surface area (Å²) in [5, 5.41) is 6.38. The Bertz CT molecular complexity index is 685. The largest absolute Gasteiger partial charge is 0.445 e. The number of rotatable bonds is 6. The molecule has 5 heteroatoms. The molecule has 0 unspecified atom stereocenters. The van der Waals surface area contributed by atoms with Crippen molar-refractivity contribution in [1.29, 1.82) is 0 Å². The Kier molecular flexibility index (Phi) is 5.66. The normalized spacial score (nSPS) is 20.4. The molecule has 1 amide bonds. The fourth-order valence-corrected chi connectivity index (χ4v) is 3.00. The number of hydrogen-bond acceptors (Lipinski definition) is 3. The van der Waals surface area contributed by atoms with Crippen molar-refractivity contribution in [3.8, 4) is 0 Å². The lowest BCUT2D eigenvalue weighted by Crippen LogP contribution is -2.52. The summed E-state index contributed by atoms with van der Waals surface area (Å²) in [5.74, 6) is -0.224. The van der Waals surface area contributed by atoms with Gasteiger partial charge in [0.05, 0.1) is 0 Å². The first-order chi connectivity index (χ1) is 12.1. The van der Waals surface area contributed by atoms with Gasteiger partial charge in [-0.2, -0.15) is 0 Å². The Morgan fingerprint density at radius 1 is 1.12 bits per heavy atom. The molecule has 4 nitrogen and oxygen atoms in total. The van der Waals surface area contributed by atoms with Crippen molar-refractivity contribution < 1.29 is 13.9 Å². The summed E-state index contributed by atoms with van der Waals surface area (Å²) in [5.41, 5.74) is 2.03. The van der Waals surface area contributed by atoms with Gasteiger partial charge in [0.2, 0.25) is 0 Å². The van der Waals surface area contributed by atoms with Gasteiger partial charge in [-0.1, -0.05) is 42.5 Å². The van der Waals surface area contributed by atoms with Crippen LogP contribution in [-0.4, -0.2) is 18.2 Å². The quantitative estimate of drug-likeness (QED) is 0.836. The van der Waals surface area contributed by atoms with Crippen LogP contribution in [0, 0.1) is 5.82 Å². The number of carbonyl (C=O) groups excluding carboxylic acids is 1. The summed E-state index contributed by atoms with van der Waals surface area (Å²) >= 11 is 0. The number of ether oxygens (including phenoxy) is 1. The number of benzene rings is 2. The number of carbonyl (C=O) groups is 1. The Balaban J connectivity index is 1.35. The van der Waals surface area contributed by atoms with Crippen molar-refractivity contribution in [1.82, 2.24) is 10.6 Å². The highest BCUT2D eigenvalue weighted by Crippen LogP contribution is 2.24. The van der Waals surface area contributed by atoms with E-state index in [9.17, 15) is 9.18 Å². The molecule has 132 valence electrons. The molecular formula is C20H23FN2O2. The Labute approximate surface area is 147 Å². The van der Waals surface area contributed by atoms with Crippen LogP contribution in [0.4, 0.5) is 9.18 Å². The summed E-state index contributed by atoms with van der Waals surface area (Å²) in [6.07, 6.45) is 1.36. The number of nitrogens with one attached hydrogen (secondary N) is 2. The topological polar surface area (TPSA) is 50.4 Å². The second-order valence-corrected chi connectivity index (χ2v) is 6.51. The van der Waals surface area contributed by atoms with Gasteiger partial charge >= 0.3 is 6.09 Å². The molecule has 0 spiro atoms. The summed E-state index contributed by atoms with van der Waals surface area (Å²) in [7, 11) is 0. The highest BCUT2D eigenvalue weighted by Gasteiger charge is 2.31. The average Bonchev–Trinajstić information content (AvgIpc) is 2.59. The zero-order chi connectivity index (χ0) is 17.6. The minimum atomic E-state index is -0.376. The molecule has 3 rings (SSSR count). The van der Waals surface area contributed by atoms with Gasteiger partial charge in [-0.25, -0.2) is 9.18 Å². The van der Waals surface area contributed by atoms with Crippen LogP contribution in [0.15, 0.2) is 54.6 Å². The lowest BCUT2D eigenvalue weighted by atomic mass is 9.86. The van der Waals surface area contributed by atoms with Gasteiger partial charge in [0, 0.05) is 18.1 Å². The molecular weight excluding hydrogens is 319 g/mol. The molecule has 0 aromatic heterocycles. The molecule has 1 aliphatic carbocycles. The monoisotopic (exact) mass is 342 g/mol. The van der Waals surface area contributed by atoms with Crippen molar-refractivity contribution in [2.75, 3.05) is 0 Å². The highest BCUT2D eigenvalue weighted by molar-refractivity contribution is 5.67. The van der Waals surface area contributed by atoms with Crippen LogP contribution in [0.25, 0.3) is 0 Å². The molecule has 0 saturated heterocycles. The van der Waals surface area contributed by atoms with E-state index in [4.69, 9.17) is 4.74 Å². The maximum absolute atomic E-state index is 13.0. The second-order valence-electron chi connectivity index (χ2n) is 6.51. The lowest BCUT2D eigenvalue weighted by Gasteiger charge is -2.38. The molecule has 1 aliphatic rings. The van der Waals surface area contributed by atoms with E-state index in [1.807, 2.05) is 30.3 Å². The van der Waals surface area contributed by atoms with E-state index in [1.165, 1.54) is 12.1 Å². The van der Waals surface area contributed by atoms with Gasteiger partial charge in [0.1, 0.15) is 12.4 Å². The third-order valence-electron chi connectivity index (χ3n) is 4.53. The SMILES string of the molecule is C[C@@H](NC1CC(NC(=O)OCc2ccccc2)C1)c1ccc(F)cc1. The predicted octanol–water partition coefficient (Wildman–Crippen LogP) is 3.93. The molecule has 1 atom stereocenters. The lowest BCUT2D eigenvalue weighted by molar-refractivity contribution is 0.124. The van der Waals surface area contributed by atoms with Gasteiger partial charge < -0.3 is 15.4 Å². The van der Waals surface area contributed by atoms with Crippen LogP contribution < -0.4 is 10.6 Å². The van der Waals surface area contributed by atoms with Crippen LogP contribution in [0.2, 0.25) is 0 Å². The van der Waals surface area contributed by atoms with E-state index in [1.54, 1.807) is 12.1 Å². The minimum Gasteiger partial charge on any atom is -0.445 e. The first-order valence-corrected chi connectivity index (χ1v) is 8.59. The second kappa shape index (κ2) is 8.12. The van der Waals surface area contributed by atoms with E-state index in [-0.39, 0.29) is 30.6 Å². The third kappa shape index (κ3) is 5.03. The average molecular weight is 342 g/mol. The number of amides is 1. The molecule has 1 saturated carbocycles. The molecule has 2 N–H and O–H groups in total. The third-order valence-corrected chi connectivity index (χ3v) is 4.53. The Hall–Kier alpha value is -2.40. The zero-order valence-electron chi connectivity index (χ0n) is 14.2. The minimum absolute atomic E-state index is 0.140. The van der Waals surface area contributed by atoms with Gasteiger partial charge in [0.25, 0.3) is 0 Å². The Morgan fingerprint density at radius 3 is 2.48 bits per heavy atom. The van der Waals surface area contributed by atoms with E-state index in [0.717, 1.165) is 24.0 Å². The maximum atomic E-state index is 13.0. The van der Waals surface area contributed by atoms with Crippen LogP contribution in [0.1, 0.15) is 36.9 Å². The fourth-order valence-electron chi connectivity index (χ4n) is 3.00. The van der Waals surface area contributed by atoms with E-state index in [2.05, 4.69) is 17.6 Å². The summed E-state index contributed by atoms with van der Waals surface area (Å²) in [6.45, 7) is 2.34. The van der Waals surface area contributed by atoms with Crippen LogP contribution >= 0.6 is 0 Å². The standard InChI is InChI=1S/C20H23FN2O2/c1-14(16-7-9-17(21)10-8-16)22-18-11-19(12-18)23-20(24)25-13-15-5-3-2-4-6-15/h2-10,14,18-19,22H,11-13H2,1H3,(H,23,24)/t14-,18?,19?/m1/s1. The molecule has 2 aromatic carbocycles. The summed E-state index contributed by atoms with van der Waals surface area (Å²) in [4.78, 5) is 11.8. The molecule has 0 radical (unpaired) electrons. The molecule has 0 bridgehead atoms. The van der Waals surface area contributed by atoms with Crippen LogP contribution in [0.3, 0.4) is 0 Å². The predicted molar refractivity (Wildman–Crippen MR) is 94.5 cm³/mol. The fraction of sp³-hybridized carbons (Fsp3) is 0.350. The molecule has 1 fully saturated rings. The van der Waals surface area contributed by atoms with E-state index < -0.39 is 0 Å². The van der Waals surface area contributed by atoms with E-state index >= 15 is 0 Å². The number of halogens is 1. The number of hydrogen-bond donors (Lipinski definition) is 2.